The van der Waals surface area contributed by atoms with Gasteiger partial charge in [-0.2, -0.15) is 0 Å². The summed E-state index contributed by atoms with van der Waals surface area (Å²) >= 11 is 0. The van der Waals surface area contributed by atoms with Gasteiger partial charge >= 0.3 is 0 Å². The molecular formula is C24H30N6O4. The number of aromatic nitrogens is 3. The Kier molecular flexibility index (Phi) is 6.34. The first-order valence-corrected chi connectivity index (χ1v) is 12.0. The minimum Gasteiger partial charge on any atom is -0.379 e. The number of nitrogens with two attached hydrogens (primary N) is 1. The summed E-state index contributed by atoms with van der Waals surface area (Å²) in [5.41, 5.74) is 10.3. The van der Waals surface area contributed by atoms with Crippen LogP contribution in [0.4, 0.5) is 5.95 Å². The summed E-state index contributed by atoms with van der Waals surface area (Å²) in [6, 6.07) is 3.53. The standard InChI is InChI=1S/C24H30N6O4/c1-2-7-30-20-16(14-29-8-10-33-11-9-29)12-15(22(25)31)13-19(20)26-24(30)27-23(32)21-17-5-3-4-6-18(17)28-34-21/h12-13H,2-11,14H2,1H3,(H2,25,31)(H,26,27,32). The molecule has 0 atom stereocenters. The van der Waals surface area contributed by atoms with Crippen molar-refractivity contribution in [2.24, 2.45) is 5.73 Å². The third-order valence-electron chi connectivity index (χ3n) is 6.54. The van der Waals surface area contributed by atoms with Crippen LogP contribution >= 0.6 is 0 Å². The molecule has 0 radical (unpaired) electrons. The van der Waals surface area contributed by atoms with Crippen LogP contribution in [0, 0.1) is 0 Å². The summed E-state index contributed by atoms with van der Waals surface area (Å²) in [5, 5.41) is 7.05. The number of hydrogen-bond donors (Lipinski definition) is 2. The van der Waals surface area contributed by atoms with Gasteiger partial charge in [0.1, 0.15) is 0 Å². The lowest BCUT2D eigenvalue weighted by Gasteiger charge is -2.27. The molecule has 0 saturated carbocycles. The first-order valence-electron chi connectivity index (χ1n) is 12.0. The van der Waals surface area contributed by atoms with Crippen LogP contribution in [0.1, 0.15) is 63.9 Å². The molecule has 0 spiro atoms. The number of morpholine rings is 1. The molecule has 180 valence electrons. The predicted molar refractivity (Wildman–Crippen MR) is 126 cm³/mol. The normalized spacial score (nSPS) is 16.5. The summed E-state index contributed by atoms with van der Waals surface area (Å²) in [7, 11) is 0. The Balaban J connectivity index is 1.54. The Morgan fingerprint density at radius 1 is 1.18 bits per heavy atom. The zero-order valence-corrected chi connectivity index (χ0v) is 19.4. The van der Waals surface area contributed by atoms with Crippen LogP contribution in [0.2, 0.25) is 0 Å². The van der Waals surface area contributed by atoms with Gasteiger partial charge in [0.05, 0.1) is 29.9 Å². The van der Waals surface area contributed by atoms with Crippen molar-refractivity contribution in [1.29, 1.82) is 0 Å². The summed E-state index contributed by atoms with van der Waals surface area (Å²) in [4.78, 5) is 32.2. The van der Waals surface area contributed by atoms with E-state index < -0.39 is 5.91 Å². The second-order valence-corrected chi connectivity index (χ2v) is 8.94. The highest BCUT2D eigenvalue weighted by Crippen LogP contribution is 2.29. The van der Waals surface area contributed by atoms with Crippen LogP contribution in [0.5, 0.6) is 0 Å². The number of amides is 2. The highest BCUT2D eigenvalue weighted by Gasteiger charge is 2.26. The minimum absolute atomic E-state index is 0.260. The number of benzene rings is 1. The Hall–Kier alpha value is -3.24. The molecule has 2 amide bonds. The number of nitrogens with one attached hydrogen (secondary N) is 1. The highest BCUT2D eigenvalue weighted by molar-refractivity contribution is 6.04. The fourth-order valence-corrected chi connectivity index (χ4v) is 4.88. The van der Waals surface area contributed by atoms with E-state index in [1.54, 1.807) is 6.07 Å². The summed E-state index contributed by atoms with van der Waals surface area (Å²) < 4.78 is 12.9. The van der Waals surface area contributed by atoms with Gasteiger partial charge in [0.2, 0.25) is 17.6 Å². The number of primary amides is 1. The van der Waals surface area contributed by atoms with Crippen molar-refractivity contribution in [3.05, 3.63) is 40.3 Å². The second kappa shape index (κ2) is 9.55. The van der Waals surface area contributed by atoms with Crippen LogP contribution in [0.25, 0.3) is 11.0 Å². The highest BCUT2D eigenvalue weighted by atomic mass is 16.5. The van der Waals surface area contributed by atoms with E-state index in [-0.39, 0.29) is 11.7 Å². The number of fused-ring (bicyclic) bond motifs is 2. The molecule has 34 heavy (non-hydrogen) atoms. The van der Waals surface area contributed by atoms with Crippen molar-refractivity contribution >= 4 is 28.8 Å². The topological polar surface area (TPSA) is 129 Å². The van der Waals surface area contributed by atoms with Crippen LogP contribution < -0.4 is 11.1 Å². The van der Waals surface area contributed by atoms with Gasteiger partial charge in [0.15, 0.2) is 0 Å². The van der Waals surface area contributed by atoms with E-state index in [4.69, 9.17) is 20.0 Å². The number of hydrogen-bond acceptors (Lipinski definition) is 7. The fraction of sp³-hybridized carbons (Fsp3) is 0.500. The number of aryl methyl sites for hydroxylation is 2. The molecule has 2 aromatic heterocycles. The zero-order chi connectivity index (χ0) is 23.7. The van der Waals surface area contributed by atoms with Crippen molar-refractivity contribution in [3.8, 4) is 0 Å². The molecule has 0 unspecified atom stereocenters. The maximum absolute atomic E-state index is 13.2. The minimum atomic E-state index is -0.506. The molecule has 3 aromatic rings. The average molecular weight is 467 g/mol. The number of carbonyl (C=O) groups excluding carboxylic acids is 2. The Labute approximate surface area is 197 Å². The number of ether oxygens (including phenoxy) is 1. The molecule has 10 nitrogen and oxygen atoms in total. The lowest BCUT2D eigenvalue weighted by Crippen LogP contribution is -2.35. The third kappa shape index (κ3) is 4.30. The second-order valence-electron chi connectivity index (χ2n) is 8.94. The number of rotatable bonds is 7. The molecule has 3 heterocycles. The van der Waals surface area contributed by atoms with Gasteiger partial charge in [0, 0.05) is 37.3 Å². The lowest BCUT2D eigenvalue weighted by atomic mass is 9.96. The van der Waals surface area contributed by atoms with Crippen molar-refractivity contribution in [1.82, 2.24) is 19.6 Å². The van der Waals surface area contributed by atoms with Gasteiger partial charge in [-0.05, 0) is 49.8 Å². The molecule has 1 aliphatic carbocycles. The van der Waals surface area contributed by atoms with Crippen molar-refractivity contribution in [3.63, 3.8) is 0 Å². The summed E-state index contributed by atoms with van der Waals surface area (Å²) in [5.74, 6) is -0.175. The molecule has 0 bridgehead atoms. The smallest absolute Gasteiger partial charge is 0.296 e. The molecule has 5 rings (SSSR count). The largest absolute Gasteiger partial charge is 0.379 e. The van der Waals surface area contributed by atoms with Crippen LogP contribution in [-0.4, -0.2) is 57.7 Å². The summed E-state index contributed by atoms with van der Waals surface area (Å²) in [6.07, 6.45) is 4.55. The molecule has 1 aliphatic heterocycles. The molecule has 1 saturated heterocycles. The van der Waals surface area contributed by atoms with Gasteiger partial charge < -0.3 is 19.6 Å². The van der Waals surface area contributed by atoms with E-state index in [0.717, 1.165) is 67.5 Å². The Bertz CT molecular complexity index is 1220. The SMILES string of the molecule is CCCn1c(NC(=O)c2onc3c2CCCC3)nc2cc(C(N)=O)cc(CN3CCOCC3)c21. The van der Waals surface area contributed by atoms with Gasteiger partial charge in [-0.25, -0.2) is 4.98 Å². The molecule has 1 fully saturated rings. The first kappa shape index (κ1) is 22.5. The van der Waals surface area contributed by atoms with Crippen molar-refractivity contribution in [2.45, 2.75) is 52.1 Å². The van der Waals surface area contributed by atoms with E-state index >= 15 is 0 Å². The van der Waals surface area contributed by atoms with Crippen LogP contribution in [0.3, 0.4) is 0 Å². The van der Waals surface area contributed by atoms with E-state index in [0.29, 0.717) is 43.3 Å². The van der Waals surface area contributed by atoms with Gasteiger partial charge in [-0.1, -0.05) is 12.1 Å². The number of nitrogens with zero attached hydrogens (tertiary/aromatic N) is 4. The molecular weight excluding hydrogens is 436 g/mol. The Morgan fingerprint density at radius 2 is 1.97 bits per heavy atom. The molecule has 10 heteroatoms. The molecule has 1 aromatic carbocycles. The van der Waals surface area contributed by atoms with Gasteiger partial charge in [-0.15, -0.1) is 0 Å². The van der Waals surface area contributed by atoms with E-state index in [1.807, 2.05) is 10.6 Å². The first-order chi connectivity index (χ1) is 16.5. The predicted octanol–water partition coefficient (Wildman–Crippen LogP) is 2.50. The van der Waals surface area contributed by atoms with Crippen molar-refractivity contribution in [2.75, 3.05) is 31.6 Å². The summed E-state index contributed by atoms with van der Waals surface area (Å²) in [6.45, 7) is 6.34. The average Bonchev–Trinajstić information content (AvgIpc) is 3.42. The van der Waals surface area contributed by atoms with Gasteiger partial charge in [-0.3, -0.25) is 19.8 Å². The van der Waals surface area contributed by atoms with Crippen LogP contribution in [0.15, 0.2) is 16.7 Å². The maximum atomic E-state index is 13.2. The number of anilines is 1. The van der Waals surface area contributed by atoms with E-state index in [9.17, 15) is 9.59 Å². The van der Waals surface area contributed by atoms with Gasteiger partial charge in [0.25, 0.3) is 5.91 Å². The fourth-order valence-electron chi connectivity index (χ4n) is 4.88. The van der Waals surface area contributed by atoms with E-state index in [2.05, 4.69) is 22.3 Å². The lowest BCUT2D eigenvalue weighted by molar-refractivity contribution is 0.0343. The Morgan fingerprint density at radius 3 is 2.74 bits per heavy atom. The maximum Gasteiger partial charge on any atom is 0.296 e. The molecule has 2 aliphatic rings. The zero-order valence-electron chi connectivity index (χ0n) is 19.4. The molecule has 3 N–H and O–H groups in total. The van der Waals surface area contributed by atoms with Crippen LogP contribution in [-0.2, 0) is 30.7 Å². The van der Waals surface area contributed by atoms with Crippen molar-refractivity contribution < 1.29 is 18.8 Å². The third-order valence-corrected chi connectivity index (χ3v) is 6.54. The van der Waals surface area contributed by atoms with E-state index in [1.165, 1.54) is 0 Å². The number of imidazole rings is 1. The number of carbonyl (C=O) groups is 2. The monoisotopic (exact) mass is 466 g/mol. The quantitative estimate of drug-likeness (QED) is 0.547.